The third-order valence-electron chi connectivity index (χ3n) is 3.22. The zero-order valence-electron chi connectivity index (χ0n) is 11.0. The third kappa shape index (κ3) is 2.91. The van der Waals surface area contributed by atoms with Crippen LogP contribution in [0.1, 0.15) is 20.3 Å². The molecule has 0 bridgehead atoms. The predicted octanol–water partition coefficient (Wildman–Crippen LogP) is 2.27. The number of para-hydroxylation sites is 2. The Bertz CT molecular complexity index is 376. The Labute approximate surface area is 104 Å². The summed E-state index contributed by atoms with van der Waals surface area (Å²) in [5, 5.41) is 3.58. The molecule has 3 nitrogen and oxygen atoms in total. The first kappa shape index (κ1) is 12.2. The molecule has 0 aromatic heterocycles. The minimum atomic E-state index is 0.150. The van der Waals surface area contributed by atoms with Gasteiger partial charge < -0.3 is 15.0 Å². The SMILES string of the molecule is COc1ccccc1N1CCCNC(C)(C)C1. The summed E-state index contributed by atoms with van der Waals surface area (Å²) in [4.78, 5) is 2.42. The molecule has 17 heavy (non-hydrogen) atoms. The topological polar surface area (TPSA) is 24.5 Å². The summed E-state index contributed by atoms with van der Waals surface area (Å²) in [6, 6.07) is 8.26. The third-order valence-corrected chi connectivity index (χ3v) is 3.22. The molecule has 1 N–H and O–H groups in total. The highest BCUT2D eigenvalue weighted by Crippen LogP contribution is 2.29. The highest BCUT2D eigenvalue weighted by atomic mass is 16.5. The number of ether oxygens (including phenoxy) is 1. The molecule has 0 radical (unpaired) electrons. The van der Waals surface area contributed by atoms with Crippen LogP contribution in [-0.2, 0) is 0 Å². The van der Waals surface area contributed by atoms with Crippen LogP contribution >= 0.6 is 0 Å². The molecular formula is C14H22N2O. The molecule has 0 saturated carbocycles. The molecule has 94 valence electrons. The first-order chi connectivity index (χ1) is 8.12. The maximum Gasteiger partial charge on any atom is 0.142 e. The number of rotatable bonds is 2. The smallest absolute Gasteiger partial charge is 0.142 e. The Balaban J connectivity index is 2.25. The molecule has 1 saturated heterocycles. The molecule has 0 spiro atoms. The van der Waals surface area contributed by atoms with Gasteiger partial charge in [-0.25, -0.2) is 0 Å². The van der Waals surface area contributed by atoms with Gasteiger partial charge in [-0.05, 0) is 38.9 Å². The maximum atomic E-state index is 5.45. The Kier molecular flexibility index (Phi) is 3.57. The number of methoxy groups -OCH3 is 1. The minimum absolute atomic E-state index is 0.150. The molecular weight excluding hydrogens is 212 g/mol. The van der Waals surface area contributed by atoms with E-state index in [2.05, 4.69) is 36.2 Å². The molecule has 1 aromatic rings. The molecule has 0 aliphatic carbocycles. The van der Waals surface area contributed by atoms with E-state index in [1.807, 2.05) is 12.1 Å². The van der Waals surface area contributed by atoms with Crippen LogP contribution in [-0.4, -0.2) is 32.3 Å². The van der Waals surface area contributed by atoms with Crippen molar-refractivity contribution in [2.75, 3.05) is 31.6 Å². The van der Waals surface area contributed by atoms with E-state index in [4.69, 9.17) is 4.74 Å². The summed E-state index contributed by atoms with van der Waals surface area (Å²) in [5.41, 5.74) is 1.35. The van der Waals surface area contributed by atoms with E-state index >= 15 is 0 Å². The van der Waals surface area contributed by atoms with E-state index in [0.717, 1.165) is 25.4 Å². The van der Waals surface area contributed by atoms with Crippen molar-refractivity contribution in [2.24, 2.45) is 0 Å². The lowest BCUT2D eigenvalue weighted by atomic mass is 10.1. The quantitative estimate of drug-likeness (QED) is 0.849. The second-order valence-corrected chi connectivity index (χ2v) is 5.26. The number of anilines is 1. The van der Waals surface area contributed by atoms with Gasteiger partial charge in [-0.3, -0.25) is 0 Å². The van der Waals surface area contributed by atoms with Crippen LogP contribution in [0.15, 0.2) is 24.3 Å². The van der Waals surface area contributed by atoms with Gasteiger partial charge in [0.1, 0.15) is 5.75 Å². The van der Waals surface area contributed by atoms with Crippen LogP contribution in [0, 0.1) is 0 Å². The first-order valence-electron chi connectivity index (χ1n) is 6.25. The molecule has 3 heteroatoms. The molecule has 1 aliphatic heterocycles. The van der Waals surface area contributed by atoms with Crippen molar-refractivity contribution >= 4 is 5.69 Å². The van der Waals surface area contributed by atoms with Gasteiger partial charge in [-0.15, -0.1) is 0 Å². The molecule has 0 unspecified atom stereocenters. The lowest BCUT2D eigenvalue weighted by molar-refractivity contribution is 0.404. The van der Waals surface area contributed by atoms with Gasteiger partial charge >= 0.3 is 0 Å². The average Bonchev–Trinajstić information content (AvgIpc) is 2.50. The highest BCUT2D eigenvalue weighted by Gasteiger charge is 2.25. The Morgan fingerprint density at radius 1 is 1.29 bits per heavy atom. The largest absolute Gasteiger partial charge is 0.495 e. The number of nitrogens with one attached hydrogen (secondary N) is 1. The predicted molar refractivity (Wildman–Crippen MR) is 71.9 cm³/mol. The van der Waals surface area contributed by atoms with Gasteiger partial charge in [0, 0.05) is 18.6 Å². The van der Waals surface area contributed by atoms with Gasteiger partial charge in [-0.1, -0.05) is 12.1 Å². The van der Waals surface area contributed by atoms with Crippen LogP contribution < -0.4 is 15.0 Å². The zero-order chi connectivity index (χ0) is 12.3. The van der Waals surface area contributed by atoms with Crippen molar-refractivity contribution in [3.8, 4) is 5.75 Å². The van der Waals surface area contributed by atoms with Gasteiger partial charge in [0.25, 0.3) is 0 Å². The second-order valence-electron chi connectivity index (χ2n) is 5.26. The molecule has 1 aromatic carbocycles. The van der Waals surface area contributed by atoms with E-state index in [9.17, 15) is 0 Å². The van der Waals surface area contributed by atoms with Gasteiger partial charge in [0.05, 0.1) is 12.8 Å². The van der Waals surface area contributed by atoms with E-state index in [1.165, 1.54) is 12.1 Å². The van der Waals surface area contributed by atoms with Gasteiger partial charge in [0.2, 0.25) is 0 Å². The summed E-state index contributed by atoms with van der Waals surface area (Å²) in [5.74, 6) is 0.963. The average molecular weight is 234 g/mol. The molecule has 1 aliphatic rings. The van der Waals surface area contributed by atoms with Crippen molar-refractivity contribution in [1.82, 2.24) is 5.32 Å². The summed E-state index contributed by atoms with van der Waals surface area (Å²) in [7, 11) is 1.74. The second kappa shape index (κ2) is 4.96. The Morgan fingerprint density at radius 3 is 2.82 bits per heavy atom. The van der Waals surface area contributed by atoms with Gasteiger partial charge in [0.15, 0.2) is 0 Å². The normalized spacial score (nSPS) is 19.8. The van der Waals surface area contributed by atoms with E-state index < -0.39 is 0 Å². The first-order valence-corrected chi connectivity index (χ1v) is 6.25. The van der Waals surface area contributed by atoms with Crippen LogP contribution in [0.3, 0.4) is 0 Å². The van der Waals surface area contributed by atoms with Crippen molar-refractivity contribution in [1.29, 1.82) is 0 Å². The fourth-order valence-corrected chi connectivity index (χ4v) is 2.41. The standard InChI is InChI=1S/C14H22N2O/c1-14(2)11-16(10-6-9-15-14)12-7-4-5-8-13(12)17-3/h4-5,7-8,15H,6,9-11H2,1-3H3. The molecule has 0 amide bonds. The molecule has 2 rings (SSSR count). The monoisotopic (exact) mass is 234 g/mol. The molecule has 1 fully saturated rings. The van der Waals surface area contributed by atoms with Crippen molar-refractivity contribution in [3.63, 3.8) is 0 Å². The van der Waals surface area contributed by atoms with Crippen LogP contribution in [0.5, 0.6) is 5.75 Å². The lowest BCUT2D eigenvalue weighted by Crippen LogP contribution is -2.46. The minimum Gasteiger partial charge on any atom is -0.495 e. The van der Waals surface area contributed by atoms with Crippen molar-refractivity contribution < 1.29 is 4.74 Å². The summed E-state index contributed by atoms with van der Waals surface area (Å²) < 4.78 is 5.45. The van der Waals surface area contributed by atoms with Crippen LogP contribution in [0.2, 0.25) is 0 Å². The summed E-state index contributed by atoms with van der Waals surface area (Å²) in [6.07, 6.45) is 1.17. The number of hydrogen-bond acceptors (Lipinski definition) is 3. The Hall–Kier alpha value is -1.22. The van der Waals surface area contributed by atoms with Gasteiger partial charge in [-0.2, -0.15) is 0 Å². The summed E-state index contributed by atoms with van der Waals surface area (Å²) >= 11 is 0. The number of hydrogen-bond donors (Lipinski definition) is 1. The van der Waals surface area contributed by atoms with E-state index in [0.29, 0.717) is 0 Å². The number of benzene rings is 1. The lowest BCUT2D eigenvalue weighted by Gasteiger charge is -2.32. The highest BCUT2D eigenvalue weighted by molar-refractivity contribution is 5.58. The van der Waals surface area contributed by atoms with E-state index in [-0.39, 0.29) is 5.54 Å². The fourth-order valence-electron chi connectivity index (χ4n) is 2.41. The van der Waals surface area contributed by atoms with Crippen LogP contribution in [0.25, 0.3) is 0 Å². The zero-order valence-corrected chi connectivity index (χ0v) is 11.0. The molecule has 1 heterocycles. The number of nitrogens with zero attached hydrogens (tertiary/aromatic N) is 1. The van der Waals surface area contributed by atoms with Crippen LogP contribution in [0.4, 0.5) is 5.69 Å². The van der Waals surface area contributed by atoms with E-state index in [1.54, 1.807) is 7.11 Å². The summed E-state index contributed by atoms with van der Waals surface area (Å²) in [6.45, 7) is 7.67. The molecule has 0 atom stereocenters. The Morgan fingerprint density at radius 2 is 2.06 bits per heavy atom. The van der Waals surface area contributed by atoms with Crippen molar-refractivity contribution in [2.45, 2.75) is 25.8 Å². The fraction of sp³-hybridized carbons (Fsp3) is 0.571. The maximum absolute atomic E-state index is 5.45. The van der Waals surface area contributed by atoms with Crippen molar-refractivity contribution in [3.05, 3.63) is 24.3 Å².